The van der Waals surface area contributed by atoms with Gasteiger partial charge < -0.3 is 14.8 Å². The maximum Gasteiger partial charge on any atom is 0.327 e. The number of carbonyl (C=O) groups excluding carboxylic acids is 1. The van der Waals surface area contributed by atoms with Crippen molar-refractivity contribution in [1.82, 2.24) is 5.32 Å². The summed E-state index contributed by atoms with van der Waals surface area (Å²) in [6.45, 7) is -0.0619. The van der Waals surface area contributed by atoms with Gasteiger partial charge in [-0.2, -0.15) is 0 Å². The molecule has 1 aliphatic rings. The molecule has 1 N–H and O–H groups in total. The molecule has 0 radical (unpaired) electrons. The first-order chi connectivity index (χ1) is 11.6. The zero-order chi connectivity index (χ0) is 17.2. The van der Waals surface area contributed by atoms with Crippen LogP contribution < -0.4 is 5.32 Å². The molecule has 0 aromatic heterocycles. The molecular formula is C18H17ClN2O3. The summed E-state index contributed by atoms with van der Waals surface area (Å²) >= 11 is 6.00. The number of halogens is 1. The van der Waals surface area contributed by atoms with Gasteiger partial charge in [0.05, 0.1) is 7.11 Å². The summed E-state index contributed by atoms with van der Waals surface area (Å²) < 4.78 is 10.5. The fourth-order valence-electron chi connectivity index (χ4n) is 2.82. The molecule has 2 aromatic rings. The lowest BCUT2D eigenvalue weighted by molar-refractivity contribution is -0.138. The quantitative estimate of drug-likeness (QED) is 0.866. The van der Waals surface area contributed by atoms with Gasteiger partial charge in [-0.3, -0.25) is 9.79 Å². The number of nitrogens with one attached hydrogen (secondary N) is 1. The SMILES string of the molecule is COC(=O)CN=C1N[C@](OC)(c2ccc(Cl)cc2)c2ccccc21. The van der Waals surface area contributed by atoms with E-state index < -0.39 is 11.7 Å². The largest absolute Gasteiger partial charge is 0.468 e. The normalized spacial score (nSPS) is 20.5. The predicted molar refractivity (Wildman–Crippen MR) is 92.2 cm³/mol. The average molecular weight is 345 g/mol. The molecule has 1 aliphatic heterocycles. The van der Waals surface area contributed by atoms with E-state index in [2.05, 4.69) is 15.0 Å². The van der Waals surface area contributed by atoms with Crippen LogP contribution in [0, 0.1) is 0 Å². The molecular weight excluding hydrogens is 328 g/mol. The van der Waals surface area contributed by atoms with Gasteiger partial charge in [-0.25, -0.2) is 0 Å². The molecule has 6 heteroatoms. The molecule has 0 bridgehead atoms. The molecule has 0 fully saturated rings. The van der Waals surface area contributed by atoms with Gasteiger partial charge in [-0.1, -0.05) is 48.0 Å². The van der Waals surface area contributed by atoms with E-state index in [4.69, 9.17) is 16.3 Å². The summed E-state index contributed by atoms with van der Waals surface area (Å²) in [6.07, 6.45) is 0. The third-order valence-electron chi connectivity index (χ3n) is 4.01. The Hall–Kier alpha value is -2.37. The van der Waals surface area contributed by atoms with Crippen molar-refractivity contribution in [2.24, 2.45) is 4.99 Å². The Morgan fingerprint density at radius 1 is 1.17 bits per heavy atom. The van der Waals surface area contributed by atoms with Crippen LogP contribution in [-0.2, 0) is 20.0 Å². The van der Waals surface area contributed by atoms with Crippen LogP contribution in [-0.4, -0.2) is 32.6 Å². The van der Waals surface area contributed by atoms with E-state index in [1.807, 2.05) is 48.5 Å². The van der Waals surface area contributed by atoms with Crippen molar-refractivity contribution in [2.75, 3.05) is 20.8 Å². The smallest absolute Gasteiger partial charge is 0.327 e. The Balaban J connectivity index is 2.09. The van der Waals surface area contributed by atoms with Gasteiger partial charge in [-0.05, 0) is 12.1 Å². The number of hydrogen-bond donors (Lipinski definition) is 1. The van der Waals surface area contributed by atoms with Crippen molar-refractivity contribution in [3.63, 3.8) is 0 Å². The van der Waals surface area contributed by atoms with Crippen molar-refractivity contribution in [1.29, 1.82) is 0 Å². The molecule has 124 valence electrons. The number of aliphatic imine (C=N–C) groups is 1. The number of methoxy groups -OCH3 is 2. The standard InChI is InChI=1S/C18H17ClN2O3/c1-23-16(22)11-20-17-14-5-3-4-6-15(14)18(21-17,24-2)12-7-9-13(19)10-8-12/h3-10H,11H2,1-2H3,(H,20,21)/t18-/m0/s1. The van der Waals surface area contributed by atoms with Crippen LogP contribution in [0.15, 0.2) is 53.5 Å². The van der Waals surface area contributed by atoms with Crippen molar-refractivity contribution in [2.45, 2.75) is 5.72 Å². The fourth-order valence-corrected chi connectivity index (χ4v) is 2.95. The minimum Gasteiger partial charge on any atom is -0.468 e. The van der Waals surface area contributed by atoms with Crippen LogP contribution in [0.4, 0.5) is 0 Å². The number of hydrogen-bond acceptors (Lipinski definition) is 4. The molecule has 0 amide bonds. The van der Waals surface area contributed by atoms with E-state index >= 15 is 0 Å². The number of nitrogens with zero attached hydrogens (tertiary/aromatic N) is 1. The first-order valence-corrected chi connectivity index (χ1v) is 7.79. The van der Waals surface area contributed by atoms with E-state index in [0.717, 1.165) is 16.7 Å². The second-order valence-corrected chi connectivity index (χ2v) is 5.74. The monoisotopic (exact) mass is 344 g/mol. The zero-order valence-corrected chi connectivity index (χ0v) is 14.1. The van der Waals surface area contributed by atoms with Crippen molar-refractivity contribution < 1.29 is 14.3 Å². The highest BCUT2D eigenvalue weighted by Crippen LogP contribution is 2.38. The van der Waals surface area contributed by atoms with E-state index in [1.54, 1.807) is 7.11 Å². The lowest BCUT2D eigenvalue weighted by atomic mass is 9.94. The number of benzene rings is 2. The molecule has 0 aliphatic carbocycles. The highest BCUT2D eigenvalue weighted by Gasteiger charge is 2.43. The zero-order valence-electron chi connectivity index (χ0n) is 13.4. The molecule has 24 heavy (non-hydrogen) atoms. The van der Waals surface area contributed by atoms with Crippen LogP contribution in [0.3, 0.4) is 0 Å². The van der Waals surface area contributed by atoms with Crippen LogP contribution in [0.2, 0.25) is 5.02 Å². The summed E-state index contributed by atoms with van der Waals surface area (Å²) in [5, 5.41) is 3.96. The summed E-state index contributed by atoms with van der Waals surface area (Å²) in [5.74, 6) is 0.191. The molecule has 1 atom stereocenters. The Labute approximate surface area is 145 Å². The summed E-state index contributed by atoms with van der Waals surface area (Å²) in [4.78, 5) is 15.8. The summed E-state index contributed by atoms with van der Waals surface area (Å²) in [7, 11) is 2.97. The number of ether oxygens (including phenoxy) is 2. The third-order valence-corrected chi connectivity index (χ3v) is 4.26. The molecule has 0 unspecified atom stereocenters. The van der Waals surface area contributed by atoms with E-state index in [9.17, 15) is 4.79 Å². The lowest BCUT2D eigenvalue weighted by Crippen LogP contribution is -2.42. The Morgan fingerprint density at radius 3 is 2.54 bits per heavy atom. The lowest BCUT2D eigenvalue weighted by Gasteiger charge is -2.30. The van der Waals surface area contributed by atoms with Gasteiger partial charge in [-0.15, -0.1) is 0 Å². The van der Waals surface area contributed by atoms with Crippen LogP contribution >= 0.6 is 11.6 Å². The van der Waals surface area contributed by atoms with Crippen molar-refractivity contribution in [3.05, 3.63) is 70.2 Å². The van der Waals surface area contributed by atoms with Gasteiger partial charge in [0.2, 0.25) is 0 Å². The van der Waals surface area contributed by atoms with E-state index in [1.165, 1.54) is 7.11 Å². The maximum absolute atomic E-state index is 11.4. The summed E-state index contributed by atoms with van der Waals surface area (Å²) in [5.41, 5.74) is 1.83. The first-order valence-electron chi connectivity index (χ1n) is 7.41. The number of fused-ring (bicyclic) bond motifs is 1. The number of amidine groups is 1. The minimum absolute atomic E-state index is 0.0619. The number of rotatable bonds is 4. The summed E-state index contributed by atoms with van der Waals surface area (Å²) in [6, 6.07) is 15.2. The highest BCUT2D eigenvalue weighted by molar-refractivity contribution is 6.30. The first kappa shape index (κ1) is 16.5. The molecule has 0 spiro atoms. The van der Waals surface area contributed by atoms with Gasteiger partial charge in [0.1, 0.15) is 12.4 Å². The van der Waals surface area contributed by atoms with E-state index in [0.29, 0.717) is 10.9 Å². The highest BCUT2D eigenvalue weighted by atomic mass is 35.5. The average Bonchev–Trinajstić information content (AvgIpc) is 2.95. The molecule has 0 saturated heterocycles. The van der Waals surface area contributed by atoms with Gasteiger partial charge in [0.15, 0.2) is 5.72 Å². The third kappa shape index (κ3) is 2.77. The van der Waals surface area contributed by atoms with Gasteiger partial charge in [0.25, 0.3) is 0 Å². The number of carbonyl (C=O) groups is 1. The Morgan fingerprint density at radius 2 is 1.88 bits per heavy atom. The number of esters is 1. The van der Waals surface area contributed by atoms with Gasteiger partial charge in [0, 0.05) is 28.8 Å². The van der Waals surface area contributed by atoms with Crippen LogP contribution in [0.1, 0.15) is 16.7 Å². The molecule has 5 nitrogen and oxygen atoms in total. The Bertz CT molecular complexity index is 789. The fraction of sp³-hybridized carbons (Fsp3) is 0.222. The molecule has 0 saturated carbocycles. The molecule has 1 heterocycles. The molecule has 3 rings (SSSR count). The second-order valence-electron chi connectivity index (χ2n) is 5.30. The topological polar surface area (TPSA) is 59.9 Å². The van der Waals surface area contributed by atoms with E-state index in [-0.39, 0.29) is 6.54 Å². The van der Waals surface area contributed by atoms with Crippen LogP contribution in [0.5, 0.6) is 0 Å². The van der Waals surface area contributed by atoms with Crippen molar-refractivity contribution >= 4 is 23.4 Å². The minimum atomic E-state index is -0.879. The Kier molecular flexibility index (Phi) is 4.55. The van der Waals surface area contributed by atoms with Crippen molar-refractivity contribution in [3.8, 4) is 0 Å². The van der Waals surface area contributed by atoms with Gasteiger partial charge >= 0.3 is 5.97 Å². The predicted octanol–water partition coefficient (Wildman–Crippen LogP) is 2.71. The maximum atomic E-state index is 11.4. The van der Waals surface area contributed by atoms with Crippen LogP contribution in [0.25, 0.3) is 0 Å². The second kappa shape index (κ2) is 6.63. The molecule has 2 aromatic carbocycles.